The van der Waals surface area contributed by atoms with Crippen molar-refractivity contribution in [1.82, 2.24) is 0 Å². The minimum absolute atomic E-state index is 0.0300. The highest BCUT2D eigenvalue weighted by atomic mass is 16.6. The molecule has 25 heavy (non-hydrogen) atoms. The van der Waals surface area contributed by atoms with Crippen LogP contribution in [0.25, 0.3) is 0 Å². The zero-order valence-electron chi connectivity index (χ0n) is 13.1. The summed E-state index contributed by atoms with van der Waals surface area (Å²) in [7, 11) is 0. The van der Waals surface area contributed by atoms with E-state index in [0.29, 0.717) is 16.9 Å². The van der Waals surface area contributed by atoms with Crippen molar-refractivity contribution in [3.8, 4) is 11.5 Å². The summed E-state index contributed by atoms with van der Waals surface area (Å²) in [4.78, 5) is 24.4. The van der Waals surface area contributed by atoms with E-state index in [2.05, 4.69) is 0 Å². The van der Waals surface area contributed by atoms with E-state index in [-0.39, 0.29) is 29.8 Å². The number of esters is 1. The first kappa shape index (κ1) is 14.3. The summed E-state index contributed by atoms with van der Waals surface area (Å²) >= 11 is 0. The summed E-state index contributed by atoms with van der Waals surface area (Å²) in [5.41, 5.74) is 0.928. The van der Waals surface area contributed by atoms with Gasteiger partial charge in [0.25, 0.3) is 0 Å². The Kier molecular flexibility index (Phi) is 2.70. The lowest BCUT2D eigenvalue weighted by Gasteiger charge is -2.45. The minimum atomic E-state index is -1.04. The Morgan fingerprint density at radius 3 is 2.80 bits per heavy atom. The summed E-state index contributed by atoms with van der Waals surface area (Å²) in [5, 5.41) is 9.85. The number of phenolic OH excluding ortho intramolecular Hbond substituents is 1. The van der Waals surface area contributed by atoms with Crippen LogP contribution in [0.1, 0.15) is 27.9 Å². The smallest absolute Gasteiger partial charge is 0.339 e. The Balaban J connectivity index is 1.84. The summed E-state index contributed by atoms with van der Waals surface area (Å²) in [6, 6.07) is 12.1. The van der Waals surface area contributed by atoms with Gasteiger partial charge in [0.2, 0.25) is 0 Å². The molecule has 3 aliphatic rings. The predicted octanol–water partition coefficient (Wildman–Crippen LogP) is 2.71. The molecule has 2 aliphatic heterocycles. The van der Waals surface area contributed by atoms with Crippen molar-refractivity contribution < 1.29 is 24.2 Å². The van der Waals surface area contributed by atoms with Gasteiger partial charge in [0.15, 0.2) is 11.4 Å². The number of rotatable bonds is 0. The number of phenols is 1. The zero-order chi connectivity index (χ0) is 17.2. The third-order valence-electron chi connectivity index (χ3n) is 5.21. The van der Waals surface area contributed by atoms with Crippen LogP contribution in [-0.4, -0.2) is 23.0 Å². The van der Waals surface area contributed by atoms with Gasteiger partial charge in [0.1, 0.15) is 17.6 Å². The molecule has 0 saturated heterocycles. The standard InChI is InChI=1S/C20H14O5/c21-11-5-7-15-17(9-11)24-18-10-12(22)6-8-16(18)20(15)14-4-2-1-3-13(14)19(23)25-20/h1-9,16,18,21H,10H2. The van der Waals surface area contributed by atoms with E-state index < -0.39 is 11.7 Å². The fourth-order valence-corrected chi connectivity index (χ4v) is 4.19. The van der Waals surface area contributed by atoms with Gasteiger partial charge in [-0.2, -0.15) is 0 Å². The van der Waals surface area contributed by atoms with E-state index in [1.807, 2.05) is 12.1 Å². The maximum Gasteiger partial charge on any atom is 0.339 e. The molecule has 1 N–H and O–H groups in total. The van der Waals surface area contributed by atoms with Crippen LogP contribution in [0.4, 0.5) is 0 Å². The Labute approximate surface area is 143 Å². The Morgan fingerprint density at radius 1 is 1.08 bits per heavy atom. The average molecular weight is 334 g/mol. The second-order valence-corrected chi connectivity index (χ2v) is 6.56. The van der Waals surface area contributed by atoms with Crippen LogP contribution in [0.5, 0.6) is 11.5 Å². The molecule has 0 bridgehead atoms. The Bertz CT molecular complexity index is 960. The lowest BCUT2D eigenvalue weighted by molar-refractivity contribution is -0.120. The first-order valence-corrected chi connectivity index (χ1v) is 8.13. The fourth-order valence-electron chi connectivity index (χ4n) is 4.19. The van der Waals surface area contributed by atoms with E-state index in [4.69, 9.17) is 9.47 Å². The third-order valence-corrected chi connectivity index (χ3v) is 5.21. The highest BCUT2D eigenvalue weighted by Gasteiger charge is 2.58. The molecule has 5 nitrogen and oxygen atoms in total. The van der Waals surface area contributed by atoms with Gasteiger partial charge < -0.3 is 14.6 Å². The molecule has 0 aromatic heterocycles. The summed E-state index contributed by atoms with van der Waals surface area (Å²) in [5.74, 6) is -0.232. The second kappa shape index (κ2) is 4.72. The number of ketones is 1. The van der Waals surface area contributed by atoms with E-state index in [1.165, 1.54) is 12.1 Å². The Morgan fingerprint density at radius 2 is 1.92 bits per heavy atom. The van der Waals surface area contributed by atoms with E-state index in [1.54, 1.807) is 30.3 Å². The molecular formula is C20H14O5. The molecule has 5 rings (SSSR count). The highest BCUT2D eigenvalue weighted by Crippen LogP contribution is 2.56. The van der Waals surface area contributed by atoms with Gasteiger partial charge in [-0.3, -0.25) is 4.79 Å². The molecule has 1 spiro atoms. The molecular weight excluding hydrogens is 320 g/mol. The summed E-state index contributed by atoms with van der Waals surface area (Å²) < 4.78 is 12.0. The topological polar surface area (TPSA) is 72.8 Å². The van der Waals surface area contributed by atoms with Crippen LogP contribution in [-0.2, 0) is 15.1 Å². The largest absolute Gasteiger partial charge is 0.508 e. The summed E-state index contributed by atoms with van der Waals surface area (Å²) in [6.07, 6.45) is 3.07. The number of carbonyl (C=O) groups is 2. The van der Waals surface area contributed by atoms with Crippen molar-refractivity contribution in [3.05, 3.63) is 71.3 Å². The number of hydrogen-bond acceptors (Lipinski definition) is 5. The van der Waals surface area contributed by atoms with Crippen LogP contribution in [0.2, 0.25) is 0 Å². The van der Waals surface area contributed by atoms with Gasteiger partial charge >= 0.3 is 5.97 Å². The van der Waals surface area contributed by atoms with Crippen molar-refractivity contribution in [2.24, 2.45) is 5.92 Å². The lowest BCUT2D eigenvalue weighted by atomic mass is 9.69. The molecule has 0 fully saturated rings. The monoisotopic (exact) mass is 334 g/mol. The van der Waals surface area contributed by atoms with Gasteiger partial charge in [-0.05, 0) is 24.3 Å². The van der Waals surface area contributed by atoms with Crippen molar-refractivity contribution in [1.29, 1.82) is 0 Å². The molecule has 0 saturated carbocycles. The number of benzene rings is 2. The second-order valence-electron chi connectivity index (χ2n) is 6.56. The quantitative estimate of drug-likeness (QED) is 0.750. The van der Waals surface area contributed by atoms with Crippen molar-refractivity contribution in [2.75, 3.05) is 0 Å². The van der Waals surface area contributed by atoms with Gasteiger partial charge in [-0.25, -0.2) is 4.79 Å². The Hall–Kier alpha value is -3.08. The maximum absolute atomic E-state index is 12.6. The first-order valence-electron chi connectivity index (χ1n) is 8.13. The van der Waals surface area contributed by atoms with Crippen LogP contribution in [0, 0.1) is 5.92 Å². The highest BCUT2D eigenvalue weighted by molar-refractivity contribution is 5.96. The number of carbonyl (C=O) groups excluding carboxylic acids is 2. The van der Waals surface area contributed by atoms with Gasteiger partial charge in [0.05, 0.1) is 11.5 Å². The van der Waals surface area contributed by atoms with Crippen molar-refractivity contribution in [2.45, 2.75) is 18.1 Å². The van der Waals surface area contributed by atoms with Crippen molar-refractivity contribution >= 4 is 11.8 Å². The van der Waals surface area contributed by atoms with Crippen LogP contribution in [0.3, 0.4) is 0 Å². The van der Waals surface area contributed by atoms with Crippen molar-refractivity contribution in [3.63, 3.8) is 0 Å². The van der Waals surface area contributed by atoms with E-state index in [9.17, 15) is 14.7 Å². The van der Waals surface area contributed by atoms with Crippen LogP contribution in [0.15, 0.2) is 54.6 Å². The maximum atomic E-state index is 12.6. The molecule has 2 aromatic rings. The first-order chi connectivity index (χ1) is 12.1. The van der Waals surface area contributed by atoms with Gasteiger partial charge in [0, 0.05) is 23.6 Å². The normalized spacial score (nSPS) is 28.8. The zero-order valence-corrected chi connectivity index (χ0v) is 13.1. The lowest BCUT2D eigenvalue weighted by Crippen LogP contribution is -2.50. The fraction of sp³-hybridized carbons (Fsp3) is 0.200. The number of fused-ring (bicyclic) bond motifs is 6. The molecule has 5 heteroatoms. The molecule has 0 radical (unpaired) electrons. The number of hydrogen-bond donors (Lipinski definition) is 1. The molecule has 2 heterocycles. The van der Waals surface area contributed by atoms with Crippen LogP contribution >= 0.6 is 0 Å². The third kappa shape index (κ3) is 1.78. The van der Waals surface area contributed by atoms with Gasteiger partial charge in [-0.1, -0.05) is 24.3 Å². The minimum Gasteiger partial charge on any atom is -0.508 e. The number of allylic oxidation sites excluding steroid dienone is 1. The molecule has 3 atom stereocenters. The number of aromatic hydroxyl groups is 1. The molecule has 1 aliphatic carbocycles. The molecule has 3 unspecified atom stereocenters. The molecule has 2 aromatic carbocycles. The SMILES string of the molecule is O=C1C=CC2C(C1)Oc1cc(O)ccc1C21OC(=O)c2ccccc21. The number of ether oxygens (including phenoxy) is 2. The van der Waals surface area contributed by atoms with E-state index in [0.717, 1.165) is 5.56 Å². The molecule has 124 valence electrons. The predicted molar refractivity (Wildman–Crippen MR) is 87.4 cm³/mol. The molecule has 0 amide bonds. The van der Waals surface area contributed by atoms with E-state index >= 15 is 0 Å². The average Bonchev–Trinajstić information content (AvgIpc) is 2.88. The van der Waals surface area contributed by atoms with Gasteiger partial charge in [-0.15, -0.1) is 0 Å². The summed E-state index contributed by atoms with van der Waals surface area (Å²) in [6.45, 7) is 0. The van der Waals surface area contributed by atoms with Crippen LogP contribution < -0.4 is 4.74 Å².